The van der Waals surface area contributed by atoms with Crippen molar-refractivity contribution in [2.75, 3.05) is 13.2 Å². The highest BCUT2D eigenvalue weighted by atomic mass is 16.7. The van der Waals surface area contributed by atoms with Gasteiger partial charge in [0, 0.05) is 11.0 Å². The Morgan fingerprint density at radius 1 is 1.17 bits per heavy atom. The maximum Gasteiger partial charge on any atom is 0.335 e. The predicted octanol–water partition coefficient (Wildman–Crippen LogP) is 2.63. The van der Waals surface area contributed by atoms with Gasteiger partial charge >= 0.3 is 5.97 Å². The van der Waals surface area contributed by atoms with Gasteiger partial charge in [0.15, 0.2) is 5.79 Å². The molecule has 0 aliphatic carbocycles. The zero-order valence-corrected chi connectivity index (χ0v) is 10.9. The summed E-state index contributed by atoms with van der Waals surface area (Å²) in [5.74, 6) is -1.72. The van der Waals surface area contributed by atoms with E-state index in [1.165, 1.54) is 0 Å². The summed E-state index contributed by atoms with van der Waals surface area (Å²) in [4.78, 5) is 10.8. The van der Waals surface area contributed by atoms with Crippen molar-refractivity contribution in [1.82, 2.24) is 0 Å². The molecule has 0 aromatic heterocycles. The van der Waals surface area contributed by atoms with Gasteiger partial charge in [-0.1, -0.05) is 32.9 Å². The van der Waals surface area contributed by atoms with Crippen molar-refractivity contribution in [3.63, 3.8) is 0 Å². The highest BCUT2D eigenvalue weighted by Gasteiger charge is 2.48. The van der Waals surface area contributed by atoms with Crippen molar-refractivity contribution >= 4 is 5.97 Å². The predicted molar refractivity (Wildman–Crippen MR) is 66.4 cm³/mol. The second kappa shape index (κ2) is 4.37. The van der Waals surface area contributed by atoms with Crippen LogP contribution in [0.25, 0.3) is 0 Å². The Morgan fingerprint density at radius 3 is 2.06 bits per heavy atom. The average molecular weight is 250 g/mol. The molecule has 1 heterocycles. The zero-order valence-electron chi connectivity index (χ0n) is 10.9. The first kappa shape index (κ1) is 13.1. The van der Waals surface area contributed by atoms with Crippen LogP contribution in [0, 0.1) is 5.41 Å². The number of rotatable bonds is 2. The Labute approximate surface area is 107 Å². The number of carboxylic acid groups (broad SMARTS) is 1. The van der Waals surface area contributed by atoms with E-state index in [1.54, 1.807) is 24.3 Å². The molecule has 1 saturated heterocycles. The first-order valence-electron chi connectivity index (χ1n) is 5.98. The Kier molecular flexibility index (Phi) is 3.17. The van der Waals surface area contributed by atoms with Gasteiger partial charge in [-0.05, 0) is 12.1 Å². The summed E-state index contributed by atoms with van der Waals surface area (Å²) < 4.78 is 11.6. The number of carbonyl (C=O) groups is 1. The van der Waals surface area contributed by atoms with Gasteiger partial charge in [0.1, 0.15) is 0 Å². The highest BCUT2D eigenvalue weighted by Crippen LogP contribution is 2.46. The van der Waals surface area contributed by atoms with Gasteiger partial charge in [-0.25, -0.2) is 4.79 Å². The molecule has 1 N–H and O–H groups in total. The molecule has 0 bridgehead atoms. The second-order valence-electron chi connectivity index (χ2n) is 5.45. The van der Waals surface area contributed by atoms with E-state index in [0.29, 0.717) is 13.2 Å². The molecule has 0 radical (unpaired) electrons. The van der Waals surface area contributed by atoms with Crippen LogP contribution in [0.5, 0.6) is 0 Å². The van der Waals surface area contributed by atoms with Crippen LogP contribution in [-0.2, 0) is 15.3 Å². The fourth-order valence-electron chi connectivity index (χ4n) is 2.28. The van der Waals surface area contributed by atoms with E-state index in [2.05, 4.69) is 0 Å². The van der Waals surface area contributed by atoms with Crippen molar-refractivity contribution in [1.29, 1.82) is 0 Å². The average Bonchev–Trinajstić information content (AvgIpc) is 2.78. The van der Waals surface area contributed by atoms with E-state index in [-0.39, 0.29) is 11.0 Å². The van der Waals surface area contributed by atoms with Gasteiger partial charge in [-0.15, -0.1) is 0 Å². The van der Waals surface area contributed by atoms with Crippen molar-refractivity contribution in [2.24, 2.45) is 5.41 Å². The number of hydrogen-bond acceptors (Lipinski definition) is 3. The van der Waals surface area contributed by atoms with Gasteiger partial charge in [0.25, 0.3) is 0 Å². The minimum absolute atomic E-state index is 0.228. The number of ether oxygens (including phenoxy) is 2. The standard InChI is InChI=1S/C14H18O4/c1-13(2,3)14(17-8-9-18-14)11-6-4-10(5-7-11)12(15)16/h4-7H,8-9H2,1-3H3,(H,15,16). The molecular weight excluding hydrogens is 232 g/mol. The molecule has 18 heavy (non-hydrogen) atoms. The van der Waals surface area contributed by atoms with Gasteiger partial charge in [-0.2, -0.15) is 0 Å². The van der Waals surface area contributed by atoms with E-state index in [0.717, 1.165) is 5.56 Å². The molecule has 4 heteroatoms. The van der Waals surface area contributed by atoms with Gasteiger partial charge in [-0.3, -0.25) is 0 Å². The lowest BCUT2D eigenvalue weighted by atomic mass is 9.80. The maximum absolute atomic E-state index is 10.8. The minimum atomic E-state index is -0.931. The van der Waals surface area contributed by atoms with E-state index < -0.39 is 11.8 Å². The summed E-state index contributed by atoms with van der Waals surface area (Å²) in [7, 11) is 0. The molecule has 0 unspecified atom stereocenters. The smallest absolute Gasteiger partial charge is 0.335 e. The van der Waals surface area contributed by atoms with Crippen LogP contribution in [0.3, 0.4) is 0 Å². The zero-order chi connectivity index (χ0) is 13.4. The first-order valence-corrected chi connectivity index (χ1v) is 5.98. The van der Waals surface area contributed by atoms with E-state index in [9.17, 15) is 4.79 Å². The second-order valence-corrected chi connectivity index (χ2v) is 5.45. The normalized spacial score (nSPS) is 18.8. The molecule has 1 aromatic carbocycles. The van der Waals surface area contributed by atoms with Crippen molar-refractivity contribution in [3.05, 3.63) is 35.4 Å². The van der Waals surface area contributed by atoms with Crippen LogP contribution in [0.15, 0.2) is 24.3 Å². The van der Waals surface area contributed by atoms with Gasteiger partial charge in [0.2, 0.25) is 0 Å². The lowest BCUT2D eigenvalue weighted by Crippen LogP contribution is -2.41. The molecule has 98 valence electrons. The first-order chi connectivity index (χ1) is 8.37. The number of hydrogen-bond donors (Lipinski definition) is 1. The van der Waals surface area contributed by atoms with Crippen molar-refractivity contribution in [3.8, 4) is 0 Å². The number of carboxylic acids is 1. The van der Waals surface area contributed by atoms with Gasteiger partial charge < -0.3 is 14.6 Å². The van der Waals surface area contributed by atoms with E-state index in [1.807, 2.05) is 20.8 Å². The van der Waals surface area contributed by atoms with Crippen LogP contribution in [-0.4, -0.2) is 24.3 Å². The Bertz CT molecular complexity index is 436. The number of aromatic carboxylic acids is 1. The molecule has 1 aliphatic heterocycles. The van der Waals surface area contributed by atoms with Gasteiger partial charge in [0.05, 0.1) is 18.8 Å². The minimum Gasteiger partial charge on any atom is -0.478 e. The summed E-state index contributed by atoms with van der Waals surface area (Å²) in [6.45, 7) is 7.24. The van der Waals surface area contributed by atoms with Crippen LogP contribution >= 0.6 is 0 Å². The Hall–Kier alpha value is -1.39. The maximum atomic E-state index is 10.8. The van der Waals surface area contributed by atoms with Crippen molar-refractivity contribution < 1.29 is 19.4 Å². The largest absolute Gasteiger partial charge is 0.478 e. The van der Waals surface area contributed by atoms with E-state index in [4.69, 9.17) is 14.6 Å². The number of benzene rings is 1. The lowest BCUT2D eigenvalue weighted by molar-refractivity contribution is -0.232. The summed E-state index contributed by atoms with van der Waals surface area (Å²) in [6.07, 6.45) is 0. The summed E-state index contributed by atoms with van der Waals surface area (Å²) in [6, 6.07) is 6.69. The Morgan fingerprint density at radius 2 is 1.67 bits per heavy atom. The molecule has 0 amide bonds. The fraction of sp³-hybridized carbons (Fsp3) is 0.500. The molecule has 1 aliphatic rings. The lowest BCUT2D eigenvalue weighted by Gasteiger charge is -2.39. The summed E-state index contributed by atoms with van der Waals surface area (Å²) >= 11 is 0. The third kappa shape index (κ3) is 2.02. The fourth-order valence-corrected chi connectivity index (χ4v) is 2.28. The molecule has 0 saturated carbocycles. The summed E-state index contributed by atoms with van der Waals surface area (Å²) in [5.41, 5.74) is 0.895. The van der Waals surface area contributed by atoms with Crippen LogP contribution in [0.4, 0.5) is 0 Å². The topological polar surface area (TPSA) is 55.8 Å². The van der Waals surface area contributed by atoms with Crippen molar-refractivity contribution in [2.45, 2.75) is 26.6 Å². The quantitative estimate of drug-likeness (QED) is 0.876. The molecule has 2 rings (SSSR count). The molecule has 0 spiro atoms. The molecule has 0 atom stereocenters. The van der Waals surface area contributed by atoms with Crippen LogP contribution < -0.4 is 0 Å². The molecule has 1 fully saturated rings. The summed E-state index contributed by atoms with van der Waals surface area (Å²) in [5, 5.41) is 8.90. The third-order valence-corrected chi connectivity index (χ3v) is 3.19. The SMILES string of the molecule is CC(C)(C)C1(c2ccc(C(=O)O)cc2)OCCO1. The monoisotopic (exact) mass is 250 g/mol. The van der Waals surface area contributed by atoms with Crippen LogP contribution in [0.1, 0.15) is 36.7 Å². The van der Waals surface area contributed by atoms with E-state index >= 15 is 0 Å². The third-order valence-electron chi connectivity index (χ3n) is 3.19. The Balaban J connectivity index is 2.41. The molecule has 4 nitrogen and oxygen atoms in total. The molecular formula is C14H18O4. The highest BCUT2D eigenvalue weighted by molar-refractivity contribution is 5.87. The van der Waals surface area contributed by atoms with Crippen LogP contribution in [0.2, 0.25) is 0 Å². The molecule has 1 aromatic rings.